The van der Waals surface area contributed by atoms with Crippen molar-refractivity contribution in [3.63, 3.8) is 0 Å². The molecule has 3 amide bonds. The number of aliphatic hydroxyl groups is 1. The Labute approximate surface area is 190 Å². The molecule has 0 aliphatic carbocycles. The molecule has 3 aromatic rings. The number of likely N-dealkylation sites (tertiary alicyclic amines) is 1. The maximum Gasteiger partial charge on any atom is 0.413 e. The van der Waals surface area contributed by atoms with E-state index >= 15 is 0 Å². The molecule has 1 atom stereocenters. The molecule has 1 spiro atoms. The smallest absolute Gasteiger partial charge is 0.413 e. The second-order valence-corrected chi connectivity index (χ2v) is 8.68. The quantitative estimate of drug-likeness (QED) is 0.483. The van der Waals surface area contributed by atoms with E-state index in [2.05, 4.69) is 25.8 Å². The Morgan fingerprint density at radius 1 is 1.36 bits per heavy atom. The van der Waals surface area contributed by atoms with Crippen molar-refractivity contribution in [2.24, 2.45) is 0 Å². The Hall–Kier alpha value is -3.66. The summed E-state index contributed by atoms with van der Waals surface area (Å²) in [6.45, 7) is 2.67. The number of aryl methyl sites for hydroxylation is 1. The standard InChI is InChI=1S/C23H26N6O4/c1-14-9-15(10-16-12-25-28-19(14)16)11-17(13-30)26-21(31)29-7-4-23(5-8-29)18-3-2-6-24-20(18)27-22(32)33-23/h2-3,6,9-10,12,17,30H,4-5,7-8,11,13H2,1H3,(H,25,28)(H,26,31)(H,24,27,32)/t17-/m1/s1. The van der Waals surface area contributed by atoms with E-state index in [0.29, 0.717) is 38.2 Å². The van der Waals surface area contributed by atoms with E-state index in [-0.39, 0.29) is 12.6 Å². The van der Waals surface area contributed by atoms with Gasteiger partial charge in [-0.1, -0.05) is 6.07 Å². The lowest BCUT2D eigenvalue weighted by molar-refractivity contribution is -0.0309. The zero-order chi connectivity index (χ0) is 23.0. The van der Waals surface area contributed by atoms with Crippen molar-refractivity contribution in [1.82, 2.24) is 25.4 Å². The number of hydrogen-bond donors (Lipinski definition) is 4. The zero-order valence-electron chi connectivity index (χ0n) is 18.3. The topological polar surface area (TPSA) is 132 Å². The van der Waals surface area contributed by atoms with Gasteiger partial charge in [-0.15, -0.1) is 0 Å². The highest BCUT2D eigenvalue weighted by atomic mass is 16.6. The van der Waals surface area contributed by atoms with Crippen LogP contribution in [0.2, 0.25) is 0 Å². The van der Waals surface area contributed by atoms with E-state index in [0.717, 1.165) is 27.6 Å². The van der Waals surface area contributed by atoms with Crippen molar-refractivity contribution in [3.8, 4) is 0 Å². The van der Waals surface area contributed by atoms with Crippen molar-refractivity contribution < 1.29 is 19.4 Å². The second-order valence-electron chi connectivity index (χ2n) is 8.68. The third-order valence-electron chi connectivity index (χ3n) is 6.50. The lowest BCUT2D eigenvalue weighted by Crippen LogP contribution is -2.54. The van der Waals surface area contributed by atoms with Crippen molar-refractivity contribution in [2.45, 2.75) is 37.8 Å². The SMILES string of the molecule is Cc1cc(C[C@H](CO)NC(=O)N2CCC3(CC2)OC(=O)Nc2ncccc23)cc2cn[nH]c12. The number of aliphatic hydroxyl groups excluding tert-OH is 1. The van der Waals surface area contributed by atoms with Gasteiger partial charge in [0.05, 0.1) is 24.4 Å². The predicted molar refractivity (Wildman–Crippen MR) is 121 cm³/mol. The summed E-state index contributed by atoms with van der Waals surface area (Å²) in [6.07, 6.45) is 4.33. The molecule has 0 radical (unpaired) electrons. The van der Waals surface area contributed by atoms with Crippen LogP contribution in [0.4, 0.5) is 15.4 Å². The monoisotopic (exact) mass is 450 g/mol. The third kappa shape index (κ3) is 3.97. The van der Waals surface area contributed by atoms with E-state index in [4.69, 9.17) is 4.74 Å². The minimum atomic E-state index is -0.781. The van der Waals surface area contributed by atoms with Crippen LogP contribution >= 0.6 is 0 Å². The maximum absolute atomic E-state index is 12.9. The van der Waals surface area contributed by atoms with Crippen molar-refractivity contribution in [1.29, 1.82) is 0 Å². The summed E-state index contributed by atoms with van der Waals surface area (Å²) in [4.78, 5) is 30.9. The number of hydrogen-bond acceptors (Lipinski definition) is 6. The van der Waals surface area contributed by atoms with E-state index in [1.165, 1.54) is 0 Å². The van der Waals surface area contributed by atoms with Crippen LogP contribution in [0, 0.1) is 6.92 Å². The number of benzene rings is 1. The van der Waals surface area contributed by atoms with Gasteiger partial charge in [-0.25, -0.2) is 14.6 Å². The number of pyridine rings is 1. The van der Waals surface area contributed by atoms with Gasteiger partial charge in [0, 0.05) is 43.1 Å². The summed E-state index contributed by atoms with van der Waals surface area (Å²) >= 11 is 0. The molecule has 0 unspecified atom stereocenters. The first-order valence-corrected chi connectivity index (χ1v) is 11.0. The van der Waals surface area contributed by atoms with Crippen LogP contribution in [0.3, 0.4) is 0 Å². The molecule has 4 N–H and O–H groups in total. The molecule has 10 heteroatoms. The van der Waals surface area contributed by atoms with Gasteiger partial charge in [-0.2, -0.15) is 5.10 Å². The van der Waals surface area contributed by atoms with Crippen LogP contribution < -0.4 is 10.6 Å². The summed E-state index contributed by atoms with van der Waals surface area (Å²) < 4.78 is 5.69. The van der Waals surface area contributed by atoms with Gasteiger partial charge in [0.2, 0.25) is 0 Å². The molecular formula is C23H26N6O4. The first-order chi connectivity index (χ1) is 16.0. The number of nitrogens with one attached hydrogen (secondary N) is 3. The molecule has 10 nitrogen and oxygen atoms in total. The van der Waals surface area contributed by atoms with Gasteiger partial charge in [-0.05, 0) is 42.7 Å². The highest BCUT2D eigenvalue weighted by Crippen LogP contribution is 2.42. The molecule has 2 aromatic heterocycles. The number of nitrogens with zero attached hydrogens (tertiary/aromatic N) is 3. The molecule has 0 bridgehead atoms. The number of carbonyl (C=O) groups is 2. The minimum Gasteiger partial charge on any atom is -0.437 e. The number of amides is 3. The molecule has 2 aliphatic heterocycles. The number of rotatable bonds is 4. The van der Waals surface area contributed by atoms with Gasteiger partial charge in [0.15, 0.2) is 0 Å². The third-order valence-corrected chi connectivity index (χ3v) is 6.50. The average Bonchev–Trinajstić information content (AvgIpc) is 3.28. The second kappa shape index (κ2) is 8.36. The number of H-pyrrole nitrogens is 1. The van der Waals surface area contributed by atoms with Crippen molar-refractivity contribution >= 4 is 28.8 Å². The van der Waals surface area contributed by atoms with Crippen molar-refractivity contribution in [3.05, 3.63) is 53.3 Å². The Morgan fingerprint density at radius 3 is 2.97 bits per heavy atom. The number of piperidine rings is 1. The summed E-state index contributed by atoms with van der Waals surface area (Å²) in [7, 11) is 0. The number of ether oxygens (including phenoxy) is 1. The first kappa shape index (κ1) is 21.2. The number of carbonyl (C=O) groups excluding carboxylic acids is 2. The van der Waals surface area contributed by atoms with Crippen LogP contribution in [0.15, 0.2) is 36.7 Å². The molecular weight excluding hydrogens is 424 g/mol. The lowest BCUT2D eigenvalue weighted by Gasteiger charge is -2.43. The molecule has 2 aliphatic rings. The summed E-state index contributed by atoms with van der Waals surface area (Å²) in [5.41, 5.74) is 3.12. The Bertz CT molecular complexity index is 1200. The number of urea groups is 1. The molecule has 1 saturated heterocycles. The van der Waals surface area contributed by atoms with E-state index in [9.17, 15) is 14.7 Å². The molecule has 0 saturated carbocycles. The largest absolute Gasteiger partial charge is 0.437 e. The normalized spacial score (nSPS) is 17.9. The summed E-state index contributed by atoms with van der Waals surface area (Å²) in [5.74, 6) is 0.511. The van der Waals surface area contributed by atoms with Crippen LogP contribution in [0.1, 0.15) is 29.5 Å². The molecule has 33 heavy (non-hydrogen) atoms. The summed E-state index contributed by atoms with van der Waals surface area (Å²) in [6, 6.07) is 7.11. The van der Waals surface area contributed by atoms with Gasteiger partial charge < -0.3 is 20.1 Å². The van der Waals surface area contributed by atoms with Crippen LogP contribution in [0.25, 0.3) is 10.9 Å². The summed E-state index contributed by atoms with van der Waals surface area (Å²) in [5, 5.41) is 23.5. The fraction of sp³-hybridized carbons (Fsp3) is 0.391. The Morgan fingerprint density at radius 2 is 2.18 bits per heavy atom. The average molecular weight is 450 g/mol. The minimum absolute atomic E-state index is 0.172. The fourth-order valence-corrected chi connectivity index (χ4v) is 4.81. The van der Waals surface area contributed by atoms with E-state index in [1.807, 2.05) is 31.2 Å². The molecule has 4 heterocycles. The number of fused-ring (bicyclic) bond motifs is 3. The maximum atomic E-state index is 12.9. The van der Waals surface area contributed by atoms with E-state index in [1.54, 1.807) is 17.3 Å². The van der Waals surface area contributed by atoms with Crippen LogP contribution in [-0.4, -0.2) is 63.1 Å². The highest BCUT2D eigenvalue weighted by Gasteiger charge is 2.45. The van der Waals surface area contributed by atoms with Gasteiger partial charge in [-0.3, -0.25) is 10.4 Å². The molecule has 1 fully saturated rings. The number of anilines is 1. The molecule has 172 valence electrons. The predicted octanol–water partition coefficient (Wildman–Crippen LogP) is 2.43. The Kier molecular flexibility index (Phi) is 5.37. The van der Waals surface area contributed by atoms with Gasteiger partial charge in [0.1, 0.15) is 11.4 Å². The number of aromatic amines is 1. The van der Waals surface area contributed by atoms with Crippen LogP contribution in [-0.2, 0) is 16.8 Å². The van der Waals surface area contributed by atoms with Crippen LogP contribution in [0.5, 0.6) is 0 Å². The lowest BCUT2D eigenvalue weighted by atomic mass is 9.83. The first-order valence-electron chi connectivity index (χ1n) is 11.0. The highest BCUT2D eigenvalue weighted by molar-refractivity contribution is 5.87. The molecule has 5 rings (SSSR count). The molecule has 1 aromatic carbocycles. The fourth-order valence-electron chi connectivity index (χ4n) is 4.81. The number of aromatic nitrogens is 3. The van der Waals surface area contributed by atoms with E-state index < -0.39 is 17.7 Å². The van der Waals surface area contributed by atoms with Gasteiger partial charge >= 0.3 is 12.1 Å². The van der Waals surface area contributed by atoms with Crippen molar-refractivity contribution in [2.75, 3.05) is 25.0 Å². The van der Waals surface area contributed by atoms with Gasteiger partial charge in [0.25, 0.3) is 0 Å². The Balaban J connectivity index is 1.24. The zero-order valence-corrected chi connectivity index (χ0v) is 18.3.